The number of nitriles is 7. The SMILES string of the molecule is COc1cc(C)ccc1C(=O)/C=C/c1cccc(C#N)c1.COc1cccc(C(=O)/C=C/c2ccc(C#N)cc2)c1.COc1cccc(C(=O)/C=C/c2cccc(C#N)c2)c1.COc1ccccc1C(=O)/C=C/c1cccc(C#N)c1.Cc1ccc(C(=O)/C=C/c2ccc(C#N)cc2)cc1.Cc1ccc(C(=O)/C=C/c2cccc(C#N)c2)cc1.N#Cc1cccc(/C=C/C(=O)c2ccccc2)c1. The van der Waals surface area contributed by atoms with E-state index in [4.69, 9.17) is 55.8 Å². The van der Waals surface area contributed by atoms with Crippen molar-refractivity contribution in [3.8, 4) is 65.5 Å². The molecule has 0 bridgehead atoms. The normalized spacial score (nSPS) is 10.2. The minimum Gasteiger partial charge on any atom is -0.497 e. The zero-order chi connectivity index (χ0) is 98.5. The van der Waals surface area contributed by atoms with E-state index in [1.165, 1.54) is 43.6 Å². The number of rotatable bonds is 25. The summed E-state index contributed by atoms with van der Waals surface area (Å²) in [6.07, 6.45) is 22.6. The van der Waals surface area contributed by atoms with Crippen molar-refractivity contribution in [2.45, 2.75) is 20.8 Å². The Morgan fingerprint density at radius 2 is 0.467 bits per heavy atom. The van der Waals surface area contributed by atoms with Crippen molar-refractivity contribution in [3.05, 3.63) is 516 Å². The van der Waals surface area contributed by atoms with Crippen LogP contribution in [0.5, 0.6) is 23.0 Å². The van der Waals surface area contributed by atoms with Crippen LogP contribution in [0.4, 0.5) is 0 Å². The van der Waals surface area contributed by atoms with E-state index in [-0.39, 0.29) is 40.5 Å². The zero-order valence-electron chi connectivity index (χ0n) is 76.0. The van der Waals surface area contributed by atoms with Crippen molar-refractivity contribution in [2.24, 2.45) is 0 Å². The number of allylic oxidation sites excluding steroid dienone is 7. The molecule has 0 amide bonds. The molecule has 0 aliphatic heterocycles. The average Bonchev–Trinajstić information content (AvgIpc) is 0.841. The summed E-state index contributed by atoms with van der Waals surface area (Å²) >= 11 is 0. The molecule has 0 N–H and O–H groups in total. The summed E-state index contributed by atoms with van der Waals surface area (Å²) in [5.41, 5.74) is 17.5. The topological polar surface area (TPSA) is 323 Å². The third kappa shape index (κ3) is 35.5. The number of ketones is 7. The first-order chi connectivity index (χ1) is 66.5. The molecule has 0 heterocycles. The summed E-state index contributed by atoms with van der Waals surface area (Å²) in [6.45, 7) is 5.92. The fourth-order valence-corrected chi connectivity index (χ4v) is 12.2. The van der Waals surface area contributed by atoms with Gasteiger partial charge in [-0.3, -0.25) is 33.6 Å². The van der Waals surface area contributed by atoms with Gasteiger partial charge in [-0.25, -0.2) is 0 Å². The predicted molar refractivity (Wildman–Crippen MR) is 537 cm³/mol. The molecule has 0 unspecified atom stereocenters. The van der Waals surface area contributed by atoms with Gasteiger partial charge in [-0.15, -0.1) is 0 Å². The van der Waals surface area contributed by atoms with E-state index in [0.717, 1.165) is 55.6 Å². The van der Waals surface area contributed by atoms with E-state index >= 15 is 0 Å². The lowest BCUT2D eigenvalue weighted by Gasteiger charge is -2.06. The van der Waals surface area contributed by atoms with Gasteiger partial charge >= 0.3 is 0 Å². The molecule has 0 aromatic heterocycles. The predicted octanol–water partition coefficient (Wildman–Crippen LogP) is 25.1. The van der Waals surface area contributed by atoms with Crippen molar-refractivity contribution in [3.63, 3.8) is 0 Å². The molecule has 0 aliphatic carbocycles. The Morgan fingerprint density at radius 1 is 0.204 bits per heavy atom. The lowest BCUT2D eigenvalue weighted by Crippen LogP contribution is -1.99. The number of para-hydroxylation sites is 1. The standard InChI is InChI=1S/C18H15NO2.3C17H13NO2.2C17H13NO.C16H11NO/c1-13-6-8-16(18(10-13)21-2)17(20)9-7-14-4-3-5-15(11-14)12-19;1-20-16-7-3-6-15(11-16)17(19)9-8-13-4-2-5-14(10-13)12-18;1-20-17-8-3-2-7-15(17)16(19)10-9-13-5-4-6-14(11-13)12-18;1-20-16-4-2-3-15(11-16)17(19)10-9-13-5-7-14(12-18)8-6-13;1-13-2-9-16(10-3-13)17(19)11-8-14-4-6-15(12-18)7-5-14;1-13-5-8-16(9-6-13)17(19)10-7-14-3-2-4-15(11-14)12-18;17-12-14-6-4-5-13(11-14)9-10-16(18)15-7-2-1-3-8-15/h3-11H,1-2H3;3*2-11H,1H3;2*2-11H,1H3;1-11H/b9-7+;9-8+;2*10-9+;11-8+;10-7+;10-9+. The summed E-state index contributed by atoms with van der Waals surface area (Å²) < 4.78 is 20.6. The quantitative estimate of drug-likeness (QED) is 0.0379. The number of ether oxygens (including phenoxy) is 4. The molecule has 668 valence electrons. The van der Waals surface area contributed by atoms with Crippen LogP contribution in [0.1, 0.15) is 167 Å². The first kappa shape index (κ1) is 103. The molecule has 0 atom stereocenters. The fraction of sp³-hybridized carbons (Fsp3) is 0.0588. The molecular formula is C119H91N7O11. The minimum absolute atomic E-state index is 0.0237. The molecule has 0 saturated heterocycles. The zero-order valence-corrected chi connectivity index (χ0v) is 76.0. The van der Waals surface area contributed by atoms with Crippen molar-refractivity contribution in [1.29, 1.82) is 36.8 Å². The molecule has 14 aromatic rings. The molecule has 18 heteroatoms. The van der Waals surface area contributed by atoms with Crippen LogP contribution < -0.4 is 18.9 Å². The van der Waals surface area contributed by atoms with Crippen molar-refractivity contribution < 1.29 is 52.5 Å². The van der Waals surface area contributed by atoms with E-state index < -0.39 is 0 Å². The van der Waals surface area contributed by atoms with Crippen LogP contribution >= 0.6 is 0 Å². The van der Waals surface area contributed by atoms with Gasteiger partial charge in [0, 0.05) is 27.8 Å². The van der Waals surface area contributed by atoms with Gasteiger partial charge in [-0.05, 0) is 241 Å². The largest absolute Gasteiger partial charge is 0.497 e. The van der Waals surface area contributed by atoms with Crippen molar-refractivity contribution in [2.75, 3.05) is 28.4 Å². The molecular weight excluding hydrogens is 1700 g/mol. The number of hydrogen-bond donors (Lipinski definition) is 0. The summed E-state index contributed by atoms with van der Waals surface area (Å²) in [5.74, 6) is 1.85. The fourth-order valence-electron chi connectivity index (χ4n) is 12.2. The van der Waals surface area contributed by atoms with Crippen LogP contribution in [-0.4, -0.2) is 68.9 Å². The highest BCUT2D eigenvalue weighted by atomic mass is 16.5. The maximum atomic E-state index is 12.2. The third-order valence-electron chi connectivity index (χ3n) is 19.6. The van der Waals surface area contributed by atoms with Gasteiger partial charge in [0.05, 0.1) is 121 Å². The molecule has 137 heavy (non-hydrogen) atoms. The number of methoxy groups -OCH3 is 4. The molecule has 0 fully saturated rings. The van der Waals surface area contributed by atoms with E-state index in [1.54, 1.807) is 282 Å². The van der Waals surface area contributed by atoms with E-state index in [1.807, 2.05) is 148 Å². The van der Waals surface area contributed by atoms with Crippen molar-refractivity contribution >= 4 is 83.0 Å². The maximum absolute atomic E-state index is 12.2. The number of aryl methyl sites for hydroxylation is 3. The summed E-state index contributed by atoms with van der Waals surface area (Å²) in [5, 5.41) is 61.5. The van der Waals surface area contributed by atoms with Gasteiger partial charge in [0.2, 0.25) is 0 Å². The van der Waals surface area contributed by atoms with E-state index in [9.17, 15) is 33.6 Å². The Kier molecular flexibility index (Phi) is 42.2. The molecule has 14 aromatic carbocycles. The first-order valence-electron chi connectivity index (χ1n) is 42.3. The Labute approximate surface area is 797 Å². The number of carbonyl (C=O) groups is 7. The Hall–Kier alpha value is -19.4. The number of nitrogens with zero attached hydrogens (tertiary/aromatic N) is 7. The monoisotopic (exact) mass is 1790 g/mol. The van der Waals surface area contributed by atoms with Gasteiger partial charge in [0.1, 0.15) is 23.0 Å². The Balaban J connectivity index is 0.000000196. The maximum Gasteiger partial charge on any atom is 0.189 e. The molecule has 18 nitrogen and oxygen atoms in total. The van der Waals surface area contributed by atoms with Gasteiger partial charge in [-0.2, -0.15) is 36.8 Å². The highest BCUT2D eigenvalue weighted by molar-refractivity contribution is 6.11. The molecule has 14 rings (SSSR count). The highest BCUT2D eigenvalue weighted by Crippen LogP contribution is 2.25. The van der Waals surface area contributed by atoms with Crippen molar-refractivity contribution in [1.82, 2.24) is 0 Å². The van der Waals surface area contributed by atoms with E-state index in [0.29, 0.717) is 101 Å². The molecule has 0 aliphatic rings. The second-order valence-corrected chi connectivity index (χ2v) is 29.5. The number of hydrogen-bond acceptors (Lipinski definition) is 18. The lowest BCUT2D eigenvalue weighted by atomic mass is 10.1. The van der Waals surface area contributed by atoms with Crippen LogP contribution in [0.25, 0.3) is 42.5 Å². The molecule has 0 saturated carbocycles. The van der Waals surface area contributed by atoms with Gasteiger partial charge in [0.25, 0.3) is 0 Å². The van der Waals surface area contributed by atoms with Crippen LogP contribution in [0.3, 0.4) is 0 Å². The highest BCUT2D eigenvalue weighted by Gasteiger charge is 2.13. The van der Waals surface area contributed by atoms with Crippen LogP contribution in [-0.2, 0) is 0 Å². The second-order valence-electron chi connectivity index (χ2n) is 29.5. The third-order valence-corrected chi connectivity index (χ3v) is 19.6. The second kappa shape index (κ2) is 56.1. The van der Waals surface area contributed by atoms with E-state index in [2.05, 4.69) is 42.5 Å². The number of benzene rings is 14. The first-order valence-corrected chi connectivity index (χ1v) is 42.3. The lowest BCUT2D eigenvalue weighted by molar-refractivity contribution is 0.103. The Morgan fingerprint density at radius 3 is 0.781 bits per heavy atom. The van der Waals surface area contributed by atoms with Crippen LogP contribution in [0, 0.1) is 100 Å². The molecule has 0 radical (unpaired) electrons. The van der Waals surface area contributed by atoms with Crippen LogP contribution in [0.2, 0.25) is 0 Å². The average molecular weight is 1800 g/mol. The Bertz CT molecular complexity index is 7140. The summed E-state index contributed by atoms with van der Waals surface area (Å²) in [7, 11) is 6.21. The smallest absolute Gasteiger partial charge is 0.189 e. The van der Waals surface area contributed by atoms with Gasteiger partial charge in [-0.1, -0.05) is 260 Å². The van der Waals surface area contributed by atoms with Gasteiger partial charge in [0.15, 0.2) is 40.5 Å². The minimum atomic E-state index is -0.134. The van der Waals surface area contributed by atoms with Gasteiger partial charge < -0.3 is 18.9 Å². The summed E-state index contributed by atoms with van der Waals surface area (Å²) in [6, 6.07) is 115. The van der Waals surface area contributed by atoms with Crippen LogP contribution in [0.15, 0.2) is 382 Å². The molecule has 0 spiro atoms. The summed E-state index contributed by atoms with van der Waals surface area (Å²) in [4.78, 5) is 84.1. The number of carbonyl (C=O) groups excluding carboxylic acids is 7.